The maximum Gasteiger partial charge on any atom is 0.157 e. The lowest BCUT2D eigenvalue weighted by atomic mass is 10.2. The fourth-order valence-electron chi connectivity index (χ4n) is 0.778. The number of aliphatic hydroxyl groups excluding tert-OH is 1. The highest BCUT2D eigenvalue weighted by molar-refractivity contribution is 5.05. The number of rotatable bonds is 2. The Bertz CT molecular complexity index is 286. The summed E-state index contributed by atoms with van der Waals surface area (Å²) in [4.78, 5) is 7.88. The van der Waals surface area contributed by atoms with Crippen LogP contribution in [-0.4, -0.2) is 15.1 Å². The topological polar surface area (TPSA) is 46.0 Å². The smallest absolute Gasteiger partial charge is 0.157 e. The molecule has 0 bridgehead atoms. The molecule has 3 nitrogen and oxygen atoms in total. The van der Waals surface area contributed by atoms with Gasteiger partial charge in [-0.2, -0.15) is 0 Å². The zero-order valence-corrected chi connectivity index (χ0v) is 6.86. The zero-order chi connectivity index (χ0) is 8.97. The van der Waals surface area contributed by atoms with Crippen LogP contribution < -0.4 is 0 Å². The molecule has 3 heteroatoms. The van der Waals surface area contributed by atoms with Crippen molar-refractivity contribution in [2.24, 2.45) is 0 Å². The molecule has 0 saturated carbocycles. The number of hydrogen-bond donors (Lipinski definition) is 1. The number of aryl methyl sites for hydroxylation is 1. The molecule has 0 aliphatic carbocycles. The van der Waals surface area contributed by atoms with Crippen molar-refractivity contribution in [2.75, 3.05) is 0 Å². The van der Waals surface area contributed by atoms with E-state index in [0.29, 0.717) is 5.82 Å². The highest BCUT2D eigenvalue weighted by Crippen LogP contribution is 2.09. The molecular weight excluding hydrogens is 152 g/mol. The van der Waals surface area contributed by atoms with Crippen LogP contribution in [0.5, 0.6) is 0 Å². The molecule has 1 unspecified atom stereocenters. The lowest BCUT2D eigenvalue weighted by molar-refractivity contribution is 0.173. The molecule has 0 amide bonds. The summed E-state index contributed by atoms with van der Waals surface area (Å²) in [5, 5.41) is 9.34. The molecule has 1 N–H and O–H groups in total. The first-order chi connectivity index (χ1) is 5.74. The second kappa shape index (κ2) is 3.84. The summed E-state index contributed by atoms with van der Waals surface area (Å²) >= 11 is 0. The van der Waals surface area contributed by atoms with Crippen molar-refractivity contribution in [2.45, 2.75) is 19.4 Å². The van der Waals surface area contributed by atoms with E-state index in [1.807, 2.05) is 6.92 Å². The third kappa shape index (κ3) is 2.04. The average Bonchev–Trinajstić information content (AvgIpc) is 2.06. The SMILES string of the molecule is C#CCC(O)c1ncc(C)cn1. The molecule has 0 aromatic carbocycles. The summed E-state index contributed by atoms with van der Waals surface area (Å²) in [6.45, 7) is 1.89. The number of aromatic nitrogens is 2. The third-order valence-corrected chi connectivity index (χ3v) is 1.41. The van der Waals surface area contributed by atoms with Crippen LogP contribution in [0.4, 0.5) is 0 Å². The van der Waals surface area contributed by atoms with Crippen molar-refractivity contribution in [3.63, 3.8) is 0 Å². The fourth-order valence-corrected chi connectivity index (χ4v) is 0.778. The predicted molar refractivity (Wildman–Crippen MR) is 45.2 cm³/mol. The number of terminal acetylenes is 1. The van der Waals surface area contributed by atoms with Crippen LogP contribution in [0.25, 0.3) is 0 Å². The van der Waals surface area contributed by atoms with E-state index in [2.05, 4.69) is 15.9 Å². The maximum absolute atomic E-state index is 9.34. The average molecular weight is 162 g/mol. The van der Waals surface area contributed by atoms with E-state index in [1.54, 1.807) is 12.4 Å². The summed E-state index contributed by atoms with van der Waals surface area (Å²) in [5.41, 5.74) is 0.964. The minimum Gasteiger partial charge on any atom is -0.384 e. The molecule has 0 spiro atoms. The Morgan fingerprint density at radius 2 is 2.17 bits per heavy atom. The van der Waals surface area contributed by atoms with Crippen LogP contribution in [0.2, 0.25) is 0 Å². The summed E-state index contributed by atoms with van der Waals surface area (Å²) < 4.78 is 0. The summed E-state index contributed by atoms with van der Waals surface area (Å²) in [5.74, 6) is 2.74. The minimum absolute atomic E-state index is 0.253. The standard InChI is InChI=1S/C9H10N2O/c1-3-4-8(12)9-10-5-7(2)6-11-9/h1,5-6,8,12H,4H2,2H3. The van der Waals surface area contributed by atoms with Crippen LogP contribution in [0, 0.1) is 19.3 Å². The number of nitrogens with zero attached hydrogens (tertiary/aromatic N) is 2. The molecule has 12 heavy (non-hydrogen) atoms. The first-order valence-electron chi connectivity index (χ1n) is 3.64. The van der Waals surface area contributed by atoms with Gasteiger partial charge in [0.2, 0.25) is 0 Å². The van der Waals surface area contributed by atoms with E-state index in [0.717, 1.165) is 5.56 Å². The van der Waals surface area contributed by atoms with E-state index in [4.69, 9.17) is 6.42 Å². The predicted octanol–water partition coefficient (Wildman–Crippen LogP) is 0.842. The van der Waals surface area contributed by atoms with Gasteiger partial charge in [0.25, 0.3) is 0 Å². The van der Waals surface area contributed by atoms with E-state index >= 15 is 0 Å². The number of aliphatic hydroxyl groups is 1. The highest BCUT2D eigenvalue weighted by atomic mass is 16.3. The number of hydrogen-bond acceptors (Lipinski definition) is 3. The van der Waals surface area contributed by atoms with Gasteiger partial charge in [0, 0.05) is 18.8 Å². The van der Waals surface area contributed by atoms with Crippen molar-refractivity contribution in [3.8, 4) is 12.3 Å². The second-order valence-corrected chi connectivity index (χ2v) is 2.54. The molecule has 0 radical (unpaired) electrons. The first kappa shape index (κ1) is 8.69. The maximum atomic E-state index is 9.34. The molecule has 1 heterocycles. The van der Waals surface area contributed by atoms with Gasteiger partial charge in [-0.25, -0.2) is 9.97 Å². The molecule has 62 valence electrons. The lowest BCUT2D eigenvalue weighted by Crippen LogP contribution is -2.02. The van der Waals surface area contributed by atoms with Gasteiger partial charge in [0.15, 0.2) is 5.82 Å². The van der Waals surface area contributed by atoms with E-state index < -0.39 is 6.10 Å². The molecular formula is C9H10N2O. The van der Waals surface area contributed by atoms with Crippen molar-refractivity contribution >= 4 is 0 Å². The molecule has 1 aromatic rings. The molecule has 0 saturated heterocycles. The lowest BCUT2D eigenvalue weighted by Gasteiger charge is -2.04. The monoisotopic (exact) mass is 162 g/mol. The van der Waals surface area contributed by atoms with Gasteiger partial charge in [0.05, 0.1) is 0 Å². The molecule has 1 aromatic heterocycles. The van der Waals surface area contributed by atoms with Crippen molar-refractivity contribution < 1.29 is 5.11 Å². The summed E-state index contributed by atoms with van der Waals surface area (Å²) in [7, 11) is 0. The van der Waals surface area contributed by atoms with Gasteiger partial charge >= 0.3 is 0 Å². The van der Waals surface area contributed by atoms with Gasteiger partial charge in [-0.05, 0) is 12.5 Å². The Hall–Kier alpha value is -1.40. The van der Waals surface area contributed by atoms with Gasteiger partial charge in [0.1, 0.15) is 6.10 Å². The third-order valence-electron chi connectivity index (χ3n) is 1.41. The fraction of sp³-hybridized carbons (Fsp3) is 0.333. The Morgan fingerprint density at radius 3 is 2.67 bits per heavy atom. The van der Waals surface area contributed by atoms with Gasteiger partial charge in [-0.3, -0.25) is 0 Å². The van der Waals surface area contributed by atoms with Crippen molar-refractivity contribution in [1.29, 1.82) is 0 Å². The van der Waals surface area contributed by atoms with Crippen LogP contribution in [0.15, 0.2) is 12.4 Å². The van der Waals surface area contributed by atoms with Gasteiger partial charge < -0.3 is 5.11 Å². The van der Waals surface area contributed by atoms with E-state index in [-0.39, 0.29) is 6.42 Å². The Morgan fingerprint density at radius 1 is 1.58 bits per heavy atom. The minimum atomic E-state index is -0.740. The van der Waals surface area contributed by atoms with E-state index in [1.165, 1.54) is 0 Å². The van der Waals surface area contributed by atoms with Gasteiger partial charge in [-0.15, -0.1) is 12.3 Å². The van der Waals surface area contributed by atoms with Crippen molar-refractivity contribution in [1.82, 2.24) is 9.97 Å². The van der Waals surface area contributed by atoms with Crippen LogP contribution in [-0.2, 0) is 0 Å². The zero-order valence-electron chi connectivity index (χ0n) is 6.86. The quantitative estimate of drug-likeness (QED) is 0.655. The van der Waals surface area contributed by atoms with Crippen LogP contribution in [0.1, 0.15) is 23.9 Å². The molecule has 0 fully saturated rings. The van der Waals surface area contributed by atoms with Crippen LogP contribution in [0.3, 0.4) is 0 Å². The summed E-state index contributed by atoms with van der Waals surface area (Å²) in [6, 6.07) is 0. The Labute approximate surface area is 71.5 Å². The normalized spacial score (nSPS) is 12.1. The Kier molecular flexibility index (Phi) is 2.78. The van der Waals surface area contributed by atoms with Crippen molar-refractivity contribution in [3.05, 3.63) is 23.8 Å². The van der Waals surface area contributed by atoms with Crippen LogP contribution >= 0.6 is 0 Å². The molecule has 0 aliphatic heterocycles. The Balaban J connectivity index is 2.76. The molecule has 1 rings (SSSR count). The molecule has 0 aliphatic rings. The van der Waals surface area contributed by atoms with Gasteiger partial charge in [-0.1, -0.05) is 0 Å². The second-order valence-electron chi connectivity index (χ2n) is 2.54. The van der Waals surface area contributed by atoms with E-state index in [9.17, 15) is 5.11 Å². The highest BCUT2D eigenvalue weighted by Gasteiger charge is 2.07. The summed E-state index contributed by atoms with van der Waals surface area (Å²) in [6.07, 6.45) is 7.85. The first-order valence-corrected chi connectivity index (χ1v) is 3.64. The molecule has 1 atom stereocenters. The largest absolute Gasteiger partial charge is 0.384 e.